The van der Waals surface area contributed by atoms with Gasteiger partial charge in [-0.05, 0) is 79.0 Å². The molecular weight excluding hydrogens is 432 g/mol. The first-order valence-electron chi connectivity index (χ1n) is 11.0. The average Bonchev–Trinajstić information content (AvgIpc) is 3.53. The Morgan fingerprint density at radius 2 is 1.97 bits per heavy atom. The molecule has 31 heavy (non-hydrogen) atoms. The van der Waals surface area contributed by atoms with Crippen molar-refractivity contribution in [3.05, 3.63) is 64.2 Å². The van der Waals surface area contributed by atoms with E-state index in [1.165, 1.54) is 21.0 Å². The Hall–Kier alpha value is -1.60. The summed E-state index contributed by atoms with van der Waals surface area (Å²) in [5.41, 5.74) is 10.2. The number of rotatable bonds is 9. The second-order valence-corrected chi connectivity index (χ2v) is 11.5. The zero-order valence-corrected chi connectivity index (χ0v) is 19.5. The number of aryl methyl sites for hydroxylation is 1. The molecule has 2 aromatic carbocycles. The first-order valence-corrected chi connectivity index (χ1v) is 13.0. The standard InChI is InChI=1S/C24H31ClN2O3S/c1-27(31(28,29)16-17-5-6-17)11-12-30-21-9-7-19-8-10-24(26)23(22(19)15-21)14-18-3-2-4-20(25)13-18/h2-4,7,9,13,15,17,23-24H,5-6,8,10-12,14,16,26H2,1H3. The normalized spacial score (nSPS) is 21.2. The molecule has 2 atom stereocenters. The van der Waals surface area contributed by atoms with E-state index in [9.17, 15) is 8.42 Å². The van der Waals surface area contributed by atoms with E-state index in [0.29, 0.717) is 19.1 Å². The highest BCUT2D eigenvalue weighted by molar-refractivity contribution is 7.89. The van der Waals surface area contributed by atoms with Crippen molar-refractivity contribution >= 4 is 21.6 Å². The van der Waals surface area contributed by atoms with Gasteiger partial charge in [-0.2, -0.15) is 0 Å². The van der Waals surface area contributed by atoms with Gasteiger partial charge in [0.2, 0.25) is 10.0 Å². The Morgan fingerprint density at radius 1 is 1.16 bits per heavy atom. The molecule has 2 unspecified atom stereocenters. The largest absolute Gasteiger partial charge is 0.492 e. The summed E-state index contributed by atoms with van der Waals surface area (Å²) in [6.45, 7) is 0.668. The van der Waals surface area contributed by atoms with Crippen LogP contribution in [0, 0.1) is 5.92 Å². The van der Waals surface area contributed by atoms with Crippen molar-refractivity contribution in [2.24, 2.45) is 11.7 Å². The molecule has 4 rings (SSSR count). The number of hydrogen-bond donors (Lipinski definition) is 1. The van der Waals surface area contributed by atoms with Crippen LogP contribution in [-0.2, 0) is 22.9 Å². The lowest BCUT2D eigenvalue weighted by molar-refractivity contribution is 0.286. The minimum Gasteiger partial charge on any atom is -0.492 e. The van der Waals surface area contributed by atoms with Crippen LogP contribution in [0.5, 0.6) is 5.75 Å². The molecule has 7 heteroatoms. The first-order chi connectivity index (χ1) is 14.8. The number of benzene rings is 2. The molecule has 2 aliphatic rings. The maximum atomic E-state index is 12.3. The molecule has 1 saturated carbocycles. The fraction of sp³-hybridized carbons (Fsp3) is 0.500. The second-order valence-electron chi connectivity index (χ2n) is 8.90. The van der Waals surface area contributed by atoms with E-state index in [4.69, 9.17) is 22.1 Å². The molecule has 5 nitrogen and oxygen atoms in total. The van der Waals surface area contributed by atoms with Crippen LogP contribution in [0.4, 0.5) is 0 Å². The molecule has 2 N–H and O–H groups in total. The van der Waals surface area contributed by atoms with Gasteiger partial charge in [0.25, 0.3) is 0 Å². The van der Waals surface area contributed by atoms with Gasteiger partial charge >= 0.3 is 0 Å². The Balaban J connectivity index is 1.42. The first kappa shape index (κ1) is 22.6. The second kappa shape index (κ2) is 9.49. The molecule has 168 valence electrons. The fourth-order valence-corrected chi connectivity index (χ4v) is 6.06. The van der Waals surface area contributed by atoms with Crippen molar-refractivity contribution in [1.82, 2.24) is 4.31 Å². The van der Waals surface area contributed by atoms with E-state index in [1.54, 1.807) is 7.05 Å². The fourth-order valence-electron chi connectivity index (χ4n) is 4.31. The number of likely N-dealkylation sites (N-methyl/N-ethyl adjacent to an activating group) is 1. The van der Waals surface area contributed by atoms with Crippen molar-refractivity contribution in [2.45, 2.75) is 44.1 Å². The van der Waals surface area contributed by atoms with Crippen LogP contribution in [0.1, 0.15) is 41.9 Å². The Labute approximate surface area is 190 Å². The van der Waals surface area contributed by atoms with Gasteiger partial charge in [0.15, 0.2) is 0 Å². The van der Waals surface area contributed by atoms with Crippen LogP contribution in [0.2, 0.25) is 5.02 Å². The van der Waals surface area contributed by atoms with E-state index in [0.717, 1.165) is 42.9 Å². The van der Waals surface area contributed by atoms with Crippen molar-refractivity contribution in [3.8, 4) is 5.75 Å². The maximum absolute atomic E-state index is 12.3. The average molecular weight is 463 g/mol. The van der Waals surface area contributed by atoms with Gasteiger partial charge in [0.1, 0.15) is 12.4 Å². The van der Waals surface area contributed by atoms with Crippen LogP contribution >= 0.6 is 11.6 Å². The summed E-state index contributed by atoms with van der Waals surface area (Å²) in [5, 5.41) is 0.736. The molecule has 0 amide bonds. The van der Waals surface area contributed by atoms with Gasteiger partial charge in [-0.3, -0.25) is 0 Å². The van der Waals surface area contributed by atoms with E-state index in [1.807, 2.05) is 24.3 Å². The van der Waals surface area contributed by atoms with Crippen molar-refractivity contribution in [2.75, 3.05) is 26.0 Å². The zero-order valence-electron chi connectivity index (χ0n) is 18.0. The van der Waals surface area contributed by atoms with Gasteiger partial charge < -0.3 is 10.5 Å². The predicted octanol–water partition coefficient (Wildman–Crippen LogP) is 3.99. The SMILES string of the molecule is CN(CCOc1ccc2c(c1)C(Cc1cccc(Cl)c1)C(N)CC2)S(=O)(=O)CC1CC1. The molecule has 0 saturated heterocycles. The van der Waals surface area contributed by atoms with E-state index in [2.05, 4.69) is 18.2 Å². The lowest BCUT2D eigenvalue weighted by atomic mass is 9.76. The third kappa shape index (κ3) is 5.80. The highest BCUT2D eigenvalue weighted by atomic mass is 35.5. The molecule has 0 aliphatic heterocycles. The number of sulfonamides is 1. The summed E-state index contributed by atoms with van der Waals surface area (Å²) in [4.78, 5) is 0. The summed E-state index contributed by atoms with van der Waals surface area (Å²) in [6, 6.07) is 14.2. The smallest absolute Gasteiger partial charge is 0.214 e. The highest BCUT2D eigenvalue weighted by Crippen LogP contribution is 2.36. The third-order valence-electron chi connectivity index (χ3n) is 6.42. The van der Waals surface area contributed by atoms with Gasteiger partial charge in [0, 0.05) is 30.6 Å². The maximum Gasteiger partial charge on any atom is 0.214 e. The minimum atomic E-state index is -3.19. The molecule has 2 aliphatic carbocycles. The Kier molecular flexibility index (Phi) is 6.92. The van der Waals surface area contributed by atoms with Gasteiger partial charge in [-0.25, -0.2) is 12.7 Å². The van der Waals surface area contributed by atoms with Gasteiger partial charge in [-0.15, -0.1) is 0 Å². The summed E-state index contributed by atoms with van der Waals surface area (Å²) in [7, 11) is -1.56. The van der Waals surface area contributed by atoms with E-state index < -0.39 is 10.0 Å². The lowest BCUT2D eigenvalue weighted by Crippen LogP contribution is -2.34. The number of nitrogens with two attached hydrogens (primary N) is 1. The van der Waals surface area contributed by atoms with Crippen LogP contribution in [0.25, 0.3) is 0 Å². The van der Waals surface area contributed by atoms with Crippen LogP contribution < -0.4 is 10.5 Å². The van der Waals surface area contributed by atoms with E-state index >= 15 is 0 Å². The van der Waals surface area contributed by atoms with Crippen molar-refractivity contribution in [3.63, 3.8) is 0 Å². The molecule has 0 aromatic heterocycles. The molecule has 0 spiro atoms. The number of hydrogen-bond acceptors (Lipinski definition) is 4. The topological polar surface area (TPSA) is 72.6 Å². The van der Waals surface area contributed by atoms with Gasteiger partial charge in [-0.1, -0.05) is 29.8 Å². The monoisotopic (exact) mass is 462 g/mol. The number of fused-ring (bicyclic) bond motifs is 1. The zero-order chi connectivity index (χ0) is 22.0. The summed E-state index contributed by atoms with van der Waals surface area (Å²) in [5.74, 6) is 1.56. The van der Waals surface area contributed by atoms with Crippen molar-refractivity contribution < 1.29 is 13.2 Å². The molecule has 0 bridgehead atoms. The van der Waals surface area contributed by atoms with Crippen molar-refractivity contribution in [1.29, 1.82) is 0 Å². The Morgan fingerprint density at radius 3 is 2.71 bits per heavy atom. The third-order valence-corrected chi connectivity index (χ3v) is 8.68. The summed E-state index contributed by atoms with van der Waals surface area (Å²) in [6.07, 6.45) is 4.81. The quantitative estimate of drug-likeness (QED) is 0.611. The highest BCUT2D eigenvalue weighted by Gasteiger charge is 2.30. The van der Waals surface area contributed by atoms with Gasteiger partial charge in [0.05, 0.1) is 5.75 Å². The summed E-state index contributed by atoms with van der Waals surface area (Å²) < 4.78 is 32.0. The number of nitrogens with zero attached hydrogens (tertiary/aromatic N) is 1. The van der Waals surface area contributed by atoms with Crippen LogP contribution in [-0.4, -0.2) is 44.7 Å². The molecule has 2 aromatic rings. The Bertz CT molecular complexity index is 1020. The molecule has 0 heterocycles. The number of ether oxygens (including phenoxy) is 1. The number of halogens is 1. The molecular formula is C24H31ClN2O3S. The minimum absolute atomic E-state index is 0.0837. The lowest BCUT2D eigenvalue weighted by Gasteiger charge is -2.32. The van der Waals surface area contributed by atoms with Crippen LogP contribution in [0.3, 0.4) is 0 Å². The van der Waals surface area contributed by atoms with E-state index in [-0.39, 0.29) is 17.7 Å². The summed E-state index contributed by atoms with van der Waals surface area (Å²) >= 11 is 6.17. The van der Waals surface area contributed by atoms with Crippen LogP contribution in [0.15, 0.2) is 42.5 Å². The molecule has 0 radical (unpaired) electrons. The molecule has 1 fully saturated rings. The predicted molar refractivity (Wildman–Crippen MR) is 125 cm³/mol.